The lowest BCUT2D eigenvalue weighted by Gasteiger charge is -1.96. The Morgan fingerprint density at radius 2 is 2.13 bits per heavy atom. The number of nitro groups is 1. The van der Waals surface area contributed by atoms with Gasteiger partial charge in [0.2, 0.25) is 5.82 Å². The first-order chi connectivity index (χ1) is 11.1. The van der Waals surface area contributed by atoms with Gasteiger partial charge in [-0.25, -0.2) is 4.98 Å². The molecule has 1 aromatic carbocycles. The van der Waals surface area contributed by atoms with Gasteiger partial charge in [-0.1, -0.05) is 5.16 Å². The first-order valence-electron chi connectivity index (χ1n) is 6.61. The predicted molar refractivity (Wildman–Crippen MR) is 78.4 cm³/mol. The molecule has 0 amide bonds. The Bertz CT molecular complexity index is 1030. The number of benzene rings is 1. The third-order valence-corrected chi connectivity index (χ3v) is 3.39. The normalized spacial score (nSPS) is 11.2. The standard InChI is InChI=1S/C14H9N5O4/c1-18-7-15-9-6-8(2-3-10(9)18)13-16-14(23-17-13)11-4-5-12(22-11)19(20)21/h2-7H,1H3. The molecule has 9 heteroatoms. The largest absolute Gasteiger partial charge is 0.433 e. The molecule has 0 aliphatic heterocycles. The van der Waals surface area contributed by atoms with Crippen molar-refractivity contribution in [1.82, 2.24) is 19.7 Å². The fraction of sp³-hybridized carbons (Fsp3) is 0.0714. The number of hydrogen-bond acceptors (Lipinski definition) is 7. The Hall–Kier alpha value is -3.49. The Kier molecular flexibility index (Phi) is 2.73. The van der Waals surface area contributed by atoms with Crippen LogP contribution in [0.3, 0.4) is 0 Å². The fourth-order valence-electron chi connectivity index (χ4n) is 2.26. The summed E-state index contributed by atoms with van der Waals surface area (Å²) in [6, 6.07) is 8.25. The van der Waals surface area contributed by atoms with E-state index in [2.05, 4.69) is 15.1 Å². The first kappa shape index (κ1) is 13.2. The topological polar surface area (TPSA) is 113 Å². The Labute approximate surface area is 128 Å². The minimum Gasteiger partial charge on any atom is -0.395 e. The molecule has 0 aliphatic carbocycles. The average Bonchev–Trinajstić information content (AvgIpc) is 3.26. The molecule has 0 N–H and O–H groups in total. The maximum absolute atomic E-state index is 10.6. The van der Waals surface area contributed by atoms with Gasteiger partial charge in [0.1, 0.15) is 4.92 Å². The van der Waals surface area contributed by atoms with E-state index >= 15 is 0 Å². The van der Waals surface area contributed by atoms with Crippen LogP contribution in [0, 0.1) is 10.1 Å². The molecule has 9 nitrogen and oxygen atoms in total. The summed E-state index contributed by atoms with van der Waals surface area (Å²) in [5, 5.41) is 14.5. The van der Waals surface area contributed by atoms with Crippen LogP contribution in [0.15, 0.2) is 45.6 Å². The summed E-state index contributed by atoms with van der Waals surface area (Å²) < 4.78 is 12.1. The number of furan rings is 1. The lowest BCUT2D eigenvalue weighted by Crippen LogP contribution is -1.85. The van der Waals surface area contributed by atoms with Crippen molar-refractivity contribution in [1.29, 1.82) is 0 Å². The number of rotatable bonds is 3. The van der Waals surface area contributed by atoms with Crippen molar-refractivity contribution in [3.8, 4) is 23.0 Å². The second-order valence-electron chi connectivity index (χ2n) is 4.88. The maximum Gasteiger partial charge on any atom is 0.433 e. The molecular formula is C14H9N5O4. The van der Waals surface area contributed by atoms with Crippen LogP contribution in [0.4, 0.5) is 5.88 Å². The molecule has 0 bridgehead atoms. The summed E-state index contributed by atoms with van der Waals surface area (Å²) in [6.07, 6.45) is 1.72. The van der Waals surface area contributed by atoms with Gasteiger partial charge in [-0.2, -0.15) is 4.98 Å². The minimum atomic E-state index is -0.629. The van der Waals surface area contributed by atoms with Crippen LogP contribution >= 0.6 is 0 Å². The Morgan fingerprint density at radius 3 is 2.91 bits per heavy atom. The minimum absolute atomic E-state index is 0.0780. The number of aryl methyl sites for hydroxylation is 1. The highest BCUT2D eigenvalue weighted by molar-refractivity contribution is 5.80. The molecule has 4 rings (SSSR count). The van der Waals surface area contributed by atoms with Crippen molar-refractivity contribution in [2.24, 2.45) is 7.05 Å². The van der Waals surface area contributed by atoms with Gasteiger partial charge in [-0.05, 0) is 24.3 Å². The zero-order valence-corrected chi connectivity index (χ0v) is 11.8. The van der Waals surface area contributed by atoms with Crippen LogP contribution in [-0.4, -0.2) is 24.6 Å². The highest BCUT2D eigenvalue weighted by Crippen LogP contribution is 2.27. The molecule has 0 atom stereocenters. The van der Waals surface area contributed by atoms with Crippen LogP contribution in [0.25, 0.3) is 34.1 Å². The molecule has 0 aliphatic rings. The lowest BCUT2D eigenvalue weighted by atomic mass is 10.2. The predicted octanol–water partition coefficient (Wildman–Crippen LogP) is 2.79. The summed E-state index contributed by atoms with van der Waals surface area (Å²) in [5.41, 5.74) is 2.52. The summed E-state index contributed by atoms with van der Waals surface area (Å²) in [5.74, 6) is 0.199. The summed E-state index contributed by atoms with van der Waals surface area (Å²) in [6.45, 7) is 0. The van der Waals surface area contributed by atoms with E-state index in [0.29, 0.717) is 5.82 Å². The molecular weight excluding hydrogens is 302 g/mol. The maximum atomic E-state index is 10.6. The Balaban J connectivity index is 1.71. The smallest absolute Gasteiger partial charge is 0.395 e. The van der Waals surface area contributed by atoms with Gasteiger partial charge in [0.15, 0.2) is 5.76 Å². The van der Waals surface area contributed by atoms with E-state index in [9.17, 15) is 10.1 Å². The highest BCUT2D eigenvalue weighted by atomic mass is 16.6. The zero-order chi connectivity index (χ0) is 16.0. The van der Waals surface area contributed by atoms with Crippen LogP contribution < -0.4 is 0 Å². The average molecular weight is 311 g/mol. The van der Waals surface area contributed by atoms with Gasteiger partial charge >= 0.3 is 5.88 Å². The van der Waals surface area contributed by atoms with E-state index in [1.165, 1.54) is 12.1 Å². The fourth-order valence-corrected chi connectivity index (χ4v) is 2.26. The third kappa shape index (κ3) is 2.14. The highest BCUT2D eigenvalue weighted by Gasteiger charge is 2.18. The molecule has 114 valence electrons. The van der Waals surface area contributed by atoms with Gasteiger partial charge in [-0.3, -0.25) is 10.1 Å². The number of aromatic nitrogens is 4. The van der Waals surface area contributed by atoms with Crippen molar-refractivity contribution >= 4 is 16.9 Å². The molecule has 0 saturated carbocycles. The number of nitrogens with zero attached hydrogens (tertiary/aromatic N) is 5. The van der Waals surface area contributed by atoms with Crippen molar-refractivity contribution in [3.05, 3.63) is 46.8 Å². The molecule has 0 saturated heterocycles. The second-order valence-corrected chi connectivity index (χ2v) is 4.88. The van der Waals surface area contributed by atoms with Crippen molar-refractivity contribution in [2.75, 3.05) is 0 Å². The monoisotopic (exact) mass is 311 g/mol. The van der Waals surface area contributed by atoms with Crippen molar-refractivity contribution in [3.63, 3.8) is 0 Å². The van der Waals surface area contributed by atoms with Gasteiger partial charge < -0.3 is 13.5 Å². The number of hydrogen-bond donors (Lipinski definition) is 0. The molecule has 4 aromatic rings. The summed E-state index contributed by atoms with van der Waals surface area (Å²) in [7, 11) is 1.91. The number of imidazole rings is 1. The van der Waals surface area contributed by atoms with E-state index in [1.54, 1.807) is 6.33 Å². The van der Waals surface area contributed by atoms with E-state index in [0.717, 1.165) is 16.6 Å². The zero-order valence-electron chi connectivity index (χ0n) is 11.8. The second kappa shape index (κ2) is 4.77. The van der Waals surface area contributed by atoms with Crippen LogP contribution in [0.1, 0.15) is 0 Å². The van der Waals surface area contributed by atoms with Crippen molar-refractivity contribution < 1.29 is 13.9 Å². The van der Waals surface area contributed by atoms with E-state index in [1.807, 2.05) is 29.8 Å². The quantitative estimate of drug-likeness (QED) is 0.422. The van der Waals surface area contributed by atoms with Gasteiger partial charge in [0.25, 0.3) is 5.89 Å². The first-order valence-corrected chi connectivity index (χ1v) is 6.61. The lowest BCUT2D eigenvalue weighted by molar-refractivity contribution is -0.401. The van der Waals surface area contributed by atoms with Crippen molar-refractivity contribution in [2.45, 2.75) is 0 Å². The third-order valence-electron chi connectivity index (χ3n) is 3.39. The molecule has 3 aromatic heterocycles. The van der Waals surface area contributed by atoms with Crippen LogP contribution in [0.5, 0.6) is 0 Å². The van der Waals surface area contributed by atoms with Gasteiger partial charge in [-0.15, -0.1) is 0 Å². The summed E-state index contributed by atoms with van der Waals surface area (Å²) >= 11 is 0. The van der Waals surface area contributed by atoms with Gasteiger partial charge in [0.05, 0.1) is 23.4 Å². The summed E-state index contributed by atoms with van der Waals surface area (Å²) in [4.78, 5) is 18.5. The molecule has 23 heavy (non-hydrogen) atoms. The van der Waals surface area contributed by atoms with Gasteiger partial charge in [0, 0.05) is 12.6 Å². The number of fused-ring (bicyclic) bond motifs is 1. The molecule has 3 heterocycles. The SMILES string of the molecule is Cn1cnc2cc(-c3noc(-c4ccc([N+](=O)[O-])o4)n3)ccc21. The molecule has 0 spiro atoms. The molecule has 0 radical (unpaired) electrons. The molecule has 0 unspecified atom stereocenters. The Morgan fingerprint density at radius 1 is 1.26 bits per heavy atom. The van der Waals surface area contributed by atoms with E-state index in [-0.39, 0.29) is 17.5 Å². The van der Waals surface area contributed by atoms with E-state index < -0.39 is 4.92 Å². The van der Waals surface area contributed by atoms with Crippen LogP contribution in [-0.2, 0) is 7.05 Å². The molecule has 0 fully saturated rings. The van der Waals surface area contributed by atoms with E-state index in [4.69, 9.17) is 8.94 Å². The van der Waals surface area contributed by atoms with Crippen LogP contribution in [0.2, 0.25) is 0 Å².